The van der Waals surface area contributed by atoms with E-state index in [1.54, 1.807) is 6.08 Å². The van der Waals surface area contributed by atoms with Gasteiger partial charge in [-0.3, -0.25) is 4.79 Å². The summed E-state index contributed by atoms with van der Waals surface area (Å²) in [5.74, 6) is -0.295. The second kappa shape index (κ2) is 62.7. The maximum atomic E-state index is 13.5. The number of nitrogens with one attached hydrogen (secondary N) is 1. The molecular formula is C83H145NO18. The molecule has 19 heteroatoms. The Labute approximate surface area is 615 Å². The lowest BCUT2D eigenvalue weighted by atomic mass is 9.96. The van der Waals surface area contributed by atoms with E-state index in [0.717, 1.165) is 103 Å². The molecule has 0 saturated carbocycles. The van der Waals surface area contributed by atoms with Crippen LogP contribution in [-0.2, 0) is 33.2 Å². The molecule has 12 N–H and O–H groups in total. The van der Waals surface area contributed by atoms with E-state index >= 15 is 0 Å². The first kappa shape index (κ1) is 92.9. The SMILES string of the molecule is CC/C=C\C/C=C\C/C=C\C/C=C\C/C=C\C/C=C\C/C=C\CCCCCCCC(=O)NC(COC1OC(CO)C(OC2OC(CO)C(OC3OC(CO)C(O)C(O)C3O)C(O)C2O)C(O)C1O)C(O)/C=C/CCCCCCCCCCCCCCCCCCCCCCCCCCCCCC. The molecule has 3 rings (SSSR count). The number of hydrogen-bond donors (Lipinski definition) is 12. The zero-order chi connectivity index (χ0) is 73.9. The molecule has 3 heterocycles. The van der Waals surface area contributed by atoms with E-state index in [1.165, 1.54) is 161 Å². The number of unbranched alkanes of at least 4 members (excludes halogenated alkanes) is 33. The highest BCUT2D eigenvalue weighted by atomic mass is 16.8. The highest BCUT2D eigenvalue weighted by Gasteiger charge is 2.54. The first-order chi connectivity index (χ1) is 49.8. The van der Waals surface area contributed by atoms with Crippen LogP contribution in [0.1, 0.15) is 290 Å². The Hall–Kier alpha value is -3.29. The molecule has 0 aromatic rings. The lowest BCUT2D eigenvalue weighted by Gasteiger charge is -2.48. The Bertz CT molecular complexity index is 2220. The fraction of sp³-hybridized carbons (Fsp3) is 0.795. The van der Waals surface area contributed by atoms with Crippen LogP contribution in [-0.4, -0.2) is 193 Å². The van der Waals surface area contributed by atoms with Crippen molar-refractivity contribution in [3.63, 3.8) is 0 Å². The second-order valence-corrected chi connectivity index (χ2v) is 28.5. The van der Waals surface area contributed by atoms with Crippen LogP contribution in [0.25, 0.3) is 0 Å². The van der Waals surface area contributed by atoms with Gasteiger partial charge in [-0.15, -0.1) is 0 Å². The van der Waals surface area contributed by atoms with Gasteiger partial charge in [0.25, 0.3) is 0 Å². The van der Waals surface area contributed by atoms with E-state index in [0.29, 0.717) is 6.42 Å². The minimum Gasteiger partial charge on any atom is -0.394 e. The molecule has 0 aromatic carbocycles. The lowest BCUT2D eigenvalue weighted by molar-refractivity contribution is -0.379. The second-order valence-electron chi connectivity index (χ2n) is 28.5. The molecule has 102 heavy (non-hydrogen) atoms. The number of allylic oxidation sites excluding steroid dienone is 15. The Morgan fingerprint density at radius 1 is 0.363 bits per heavy atom. The van der Waals surface area contributed by atoms with Gasteiger partial charge >= 0.3 is 0 Å². The summed E-state index contributed by atoms with van der Waals surface area (Å²) in [5.41, 5.74) is 0. The van der Waals surface area contributed by atoms with E-state index in [9.17, 15) is 61.0 Å². The van der Waals surface area contributed by atoms with Gasteiger partial charge in [-0.2, -0.15) is 0 Å². The summed E-state index contributed by atoms with van der Waals surface area (Å²) in [6, 6.07) is -0.993. The average molecular weight is 1450 g/mol. The summed E-state index contributed by atoms with van der Waals surface area (Å²) in [6.45, 7) is 1.63. The van der Waals surface area contributed by atoms with Crippen LogP contribution in [0.5, 0.6) is 0 Å². The molecule has 19 nitrogen and oxygen atoms in total. The highest BCUT2D eigenvalue weighted by molar-refractivity contribution is 5.76. The largest absolute Gasteiger partial charge is 0.394 e. The predicted octanol–water partition coefficient (Wildman–Crippen LogP) is 13.6. The molecule has 590 valence electrons. The molecule has 3 aliphatic rings. The van der Waals surface area contributed by atoms with Crippen molar-refractivity contribution in [3.05, 3.63) is 97.2 Å². The van der Waals surface area contributed by atoms with Gasteiger partial charge in [-0.05, 0) is 77.0 Å². The van der Waals surface area contributed by atoms with Crippen molar-refractivity contribution in [1.82, 2.24) is 5.32 Å². The maximum absolute atomic E-state index is 13.5. The fourth-order valence-corrected chi connectivity index (χ4v) is 13.2. The number of aliphatic hydroxyl groups excluding tert-OH is 11. The van der Waals surface area contributed by atoms with E-state index in [1.807, 2.05) is 6.08 Å². The summed E-state index contributed by atoms with van der Waals surface area (Å²) in [5, 5.41) is 121. The zero-order valence-electron chi connectivity index (χ0n) is 63.1. The molecular weight excluding hydrogens is 1300 g/mol. The smallest absolute Gasteiger partial charge is 0.220 e. The minimum absolute atomic E-state index is 0.215. The summed E-state index contributed by atoms with van der Waals surface area (Å²) >= 11 is 0. The summed E-state index contributed by atoms with van der Waals surface area (Å²) in [6.07, 6.45) is 58.1. The molecule has 1 amide bonds. The van der Waals surface area contributed by atoms with E-state index in [4.69, 9.17) is 28.4 Å². The highest BCUT2D eigenvalue weighted by Crippen LogP contribution is 2.33. The molecule has 17 atom stereocenters. The van der Waals surface area contributed by atoms with Crippen LogP contribution >= 0.6 is 0 Å². The van der Waals surface area contributed by atoms with Gasteiger partial charge in [-0.1, -0.05) is 304 Å². The number of amides is 1. The van der Waals surface area contributed by atoms with Crippen molar-refractivity contribution in [2.24, 2.45) is 0 Å². The molecule has 3 saturated heterocycles. The van der Waals surface area contributed by atoms with E-state index in [-0.39, 0.29) is 18.9 Å². The monoisotopic (exact) mass is 1440 g/mol. The number of aliphatic hydroxyl groups is 11. The minimum atomic E-state index is -1.99. The summed E-state index contributed by atoms with van der Waals surface area (Å²) in [7, 11) is 0. The van der Waals surface area contributed by atoms with Crippen molar-refractivity contribution in [2.75, 3.05) is 26.4 Å². The van der Waals surface area contributed by atoms with Crippen LogP contribution < -0.4 is 5.32 Å². The van der Waals surface area contributed by atoms with Crippen LogP contribution in [0.3, 0.4) is 0 Å². The number of ether oxygens (including phenoxy) is 6. The third-order valence-corrected chi connectivity index (χ3v) is 19.6. The van der Waals surface area contributed by atoms with Crippen LogP contribution in [0.4, 0.5) is 0 Å². The van der Waals surface area contributed by atoms with Gasteiger partial charge in [-0.25, -0.2) is 0 Å². The lowest BCUT2D eigenvalue weighted by Crippen LogP contribution is -2.66. The quantitative estimate of drug-likeness (QED) is 0.0199. The molecule has 3 fully saturated rings. The first-order valence-electron chi connectivity index (χ1n) is 40.5. The fourth-order valence-electron chi connectivity index (χ4n) is 13.2. The average Bonchev–Trinajstić information content (AvgIpc) is 0.782. The maximum Gasteiger partial charge on any atom is 0.220 e. The molecule has 3 aliphatic heterocycles. The van der Waals surface area contributed by atoms with E-state index < -0.39 is 124 Å². The third-order valence-electron chi connectivity index (χ3n) is 19.6. The Morgan fingerprint density at radius 3 is 1.06 bits per heavy atom. The number of carbonyl (C=O) groups excluding carboxylic acids is 1. The molecule has 17 unspecified atom stereocenters. The molecule has 0 spiro atoms. The standard InChI is InChI=1S/C83H145NO18/c1-3-5-7-9-11-13-15-17-19-21-23-25-27-29-31-32-33-35-36-38-40-42-44-46-48-50-52-54-56-58-60-67(88)66(84-71(89)61-59-57-55-53-51-49-47-45-43-41-39-37-34-30-28-26-24-22-20-18-16-14-12-10-8-6-4-2)65-97-81-77(95)74(92)79(69(63-86)99-81)102-83-78(96)75(93)80(70(64-87)100-83)101-82-76(94)73(91)72(90)68(62-85)98-82/h6,8,12,14,18,20,24,26,30,34,39,41,45,47,58,60,66-70,72-83,85-88,90-96H,3-5,7,9-11,13,15-17,19,21-23,25,27-29,31-33,35-38,40,42-44,46,48-57,59,61-65H2,1-2H3,(H,84,89)/b8-6-,14-12-,20-18-,26-24-,34-30-,41-39-,47-45-,60-58+. The number of hydrogen-bond acceptors (Lipinski definition) is 18. The van der Waals surface area contributed by atoms with Gasteiger partial charge in [0.2, 0.25) is 5.91 Å². The number of rotatable bonds is 63. The van der Waals surface area contributed by atoms with Crippen molar-refractivity contribution < 1.29 is 89.4 Å². The third kappa shape index (κ3) is 42.3. The van der Waals surface area contributed by atoms with Gasteiger partial charge < -0.3 is 89.9 Å². The first-order valence-corrected chi connectivity index (χ1v) is 40.5. The molecule has 0 radical (unpaired) electrons. The summed E-state index contributed by atoms with van der Waals surface area (Å²) < 4.78 is 34.4. The molecule has 0 aliphatic carbocycles. The van der Waals surface area contributed by atoms with Gasteiger partial charge in [0.1, 0.15) is 73.2 Å². The topological polar surface area (TPSA) is 307 Å². The van der Waals surface area contributed by atoms with E-state index in [2.05, 4.69) is 104 Å². The normalized spacial score (nSPS) is 26.7. The Balaban J connectivity index is 1.39. The van der Waals surface area contributed by atoms with Crippen molar-refractivity contribution in [2.45, 2.75) is 394 Å². The van der Waals surface area contributed by atoms with Gasteiger partial charge in [0.05, 0.1) is 38.6 Å². The number of carbonyl (C=O) groups is 1. The van der Waals surface area contributed by atoms with Gasteiger partial charge in [0, 0.05) is 6.42 Å². The Morgan fingerprint density at radius 2 is 0.676 bits per heavy atom. The van der Waals surface area contributed by atoms with Crippen LogP contribution in [0.15, 0.2) is 97.2 Å². The van der Waals surface area contributed by atoms with Gasteiger partial charge in [0.15, 0.2) is 18.9 Å². The van der Waals surface area contributed by atoms with Crippen molar-refractivity contribution in [3.8, 4) is 0 Å². The van der Waals surface area contributed by atoms with Crippen molar-refractivity contribution in [1.29, 1.82) is 0 Å². The van der Waals surface area contributed by atoms with Crippen LogP contribution in [0.2, 0.25) is 0 Å². The predicted molar refractivity (Wildman–Crippen MR) is 406 cm³/mol. The van der Waals surface area contributed by atoms with Crippen LogP contribution in [0, 0.1) is 0 Å². The molecule has 0 aromatic heterocycles. The molecule has 0 bridgehead atoms. The Kier molecular flexibility index (Phi) is 57.1. The van der Waals surface area contributed by atoms with Crippen molar-refractivity contribution >= 4 is 5.91 Å². The zero-order valence-corrected chi connectivity index (χ0v) is 63.1. The summed E-state index contributed by atoms with van der Waals surface area (Å²) in [4.78, 5) is 13.5.